The van der Waals surface area contributed by atoms with Crippen molar-refractivity contribution in [3.8, 4) is 0 Å². The molecule has 0 aliphatic heterocycles. The smallest absolute Gasteiger partial charge is 0.264 e. The maximum atomic E-state index is 13.6. The van der Waals surface area contributed by atoms with Crippen LogP contribution in [0.25, 0.3) is 0 Å². The zero-order chi connectivity index (χ0) is 26.1. The first kappa shape index (κ1) is 26.9. The van der Waals surface area contributed by atoms with E-state index in [1.165, 1.54) is 12.1 Å². The lowest BCUT2D eigenvalue weighted by atomic mass is 10.1. The zero-order valence-electron chi connectivity index (χ0n) is 20.7. The number of rotatable bonds is 11. The molecule has 0 saturated carbocycles. The number of anilines is 2. The highest BCUT2D eigenvalue weighted by Crippen LogP contribution is 2.28. The van der Waals surface area contributed by atoms with Crippen LogP contribution in [0.15, 0.2) is 77.7 Å². The fourth-order valence-corrected chi connectivity index (χ4v) is 5.13. The van der Waals surface area contributed by atoms with Gasteiger partial charge in [-0.3, -0.25) is 13.9 Å². The van der Waals surface area contributed by atoms with E-state index in [0.29, 0.717) is 36.5 Å². The quantitative estimate of drug-likeness (QED) is 0.382. The van der Waals surface area contributed by atoms with Gasteiger partial charge >= 0.3 is 0 Å². The molecule has 2 amide bonds. The fourth-order valence-electron chi connectivity index (χ4n) is 3.63. The first-order chi connectivity index (χ1) is 17.2. The standard InChI is InChI=1S/C27H31N3O5S/c1-20-14-15-21(2)25(18-20)30(36(33,34)22-10-5-4-6-11-22)19-26(31)29-24-13-8-7-12-23(24)27(32)28-16-9-17-35-3/h4-8,10-15,18H,9,16-17,19H2,1-3H3,(H,28,32)(H,29,31). The van der Waals surface area contributed by atoms with Crippen LogP contribution >= 0.6 is 0 Å². The monoisotopic (exact) mass is 509 g/mol. The molecule has 2 N–H and O–H groups in total. The average molecular weight is 510 g/mol. The minimum Gasteiger partial charge on any atom is -0.385 e. The summed E-state index contributed by atoms with van der Waals surface area (Å²) in [4.78, 5) is 25.9. The summed E-state index contributed by atoms with van der Waals surface area (Å²) in [6.07, 6.45) is 0.652. The molecule has 8 nitrogen and oxygen atoms in total. The van der Waals surface area contributed by atoms with E-state index in [2.05, 4.69) is 10.6 Å². The number of para-hydroxylation sites is 1. The summed E-state index contributed by atoms with van der Waals surface area (Å²) in [5, 5.41) is 5.52. The second-order valence-corrected chi connectivity index (χ2v) is 10.2. The first-order valence-electron chi connectivity index (χ1n) is 11.5. The van der Waals surface area contributed by atoms with E-state index in [1.807, 2.05) is 19.1 Å². The van der Waals surface area contributed by atoms with Crippen LogP contribution in [0.5, 0.6) is 0 Å². The summed E-state index contributed by atoms with van der Waals surface area (Å²) in [5.41, 5.74) is 2.57. The molecule has 0 bridgehead atoms. The molecule has 3 aromatic rings. The van der Waals surface area contributed by atoms with Gasteiger partial charge in [0, 0.05) is 20.3 Å². The molecule has 9 heteroatoms. The fraction of sp³-hybridized carbons (Fsp3) is 0.259. The van der Waals surface area contributed by atoms with Gasteiger partial charge in [0.25, 0.3) is 15.9 Å². The van der Waals surface area contributed by atoms with Gasteiger partial charge in [0.15, 0.2) is 0 Å². The van der Waals surface area contributed by atoms with Crippen LogP contribution < -0.4 is 14.9 Å². The molecule has 3 aromatic carbocycles. The van der Waals surface area contributed by atoms with Crippen LogP contribution in [-0.4, -0.2) is 47.0 Å². The van der Waals surface area contributed by atoms with E-state index in [9.17, 15) is 18.0 Å². The van der Waals surface area contributed by atoms with Crippen LogP contribution in [0.2, 0.25) is 0 Å². The number of nitrogens with one attached hydrogen (secondary N) is 2. The van der Waals surface area contributed by atoms with Crippen molar-refractivity contribution in [2.75, 3.05) is 36.4 Å². The Morgan fingerprint density at radius 3 is 2.36 bits per heavy atom. The zero-order valence-corrected chi connectivity index (χ0v) is 21.5. The van der Waals surface area contributed by atoms with Crippen LogP contribution in [0, 0.1) is 13.8 Å². The predicted molar refractivity (Wildman–Crippen MR) is 141 cm³/mol. The Kier molecular flexibility index (Phi) is 9.21. The molecule has 0 aliphatic rings. The summed E-state index contributed by atoms with van der Waals surface area (Å²) in [7, 11) is -2.45. The minimum atomic E-state index is -4.04. The van der Waals surface area contributed by atoms with Gasteiger partial charge in [-0.1, -0.05) is 42.5 Å². The number of ether oxygens (including phenoxy) is 1. The topological polar surface area (TPSA) is 105 Å². The number of benzene rings is 3. The Morgan fingerprint density at radius 1 is 0.944 bits per heavy atom. The number of carbonyl (C=O) groups is 2. The lowest BCUT2D eigenvalue weighted by Crippen LogP contribution is -2.39. The Morgan fingerprint density at radius 2 is 1.64 bits per heavy atom. The number of hydrogen-bond donors (Lipinski definition) is 2. The van der Waals surface area contributed by atoms with Crippen molar-refractivity contribution in [3.05, 3.63) is 89.5 Å². The van der Waals surface area contributed by atoms with E-state index in [0.717, 1.165) is 9.87 Å². The maximum absolute atomic E-state index is 13.6. The van der Waals surface area contributed by atoms with E-state index in [-0.39, 0.29) is 16.4 Å². The third-order valence-electron chi connectivity index (χ3n) is 5.51. The molecule has 3 rings (SSSR count). The van der Waals surface area contributed by atoms with Gasteiger partial charge < -0.3 is 15.4 Å². The first-order valence-corrected chi connectivity index (χ1v) is 13.0. The number of amides is 2. The molecule has 0 radical (unpaired) electrons. The van der Waals surface area contributed by atoms with Crippen molar-refractivity contribution in [3.63, 3.8) is 0 Å². The summed E-state index contributed by atoms with van der Waals surface area (Å²) < 4.78 is 33.3. The second-order valence-electron chi connectivity index (χ2n) is 8.31. The SMILES string of the molecule is COCCCNC(=O)c1ccccc1NC(=O)CN(c1cc(C)ccc1C)S(=O)(=O)c1ccccc1. The molecular weight excluding hydrogens is 478 g/mol. The molecule has 0 spiro atoms. The van der Waals surface area contributed by atoms with Crippen molar-refractivity contribution in [1.29, 1.82) is 0 Å². The molecule has 0 saturated heterocycles. The van der Waals surface area contributed by atoms with E-state index >= 15 is 0 Å². The van der Waals surface area contributed by atoms with E-state index in [1.54, 1.807) is 62.6 Å². The number of sulfonamides is 1. The lowest BCUT2D eigenvalue weighted by Gasteiger charge is -2.26. The Balaban J connectivity index is 1.88. The van der Waals surface area contributed by atoms with Gasteiger partial charge in [0.05, 0.1) is 21.8 Å². The van der Waals surface area contributed by atoms with Crippen LogP contribution in [0.1, 0.15) is 27.9 Å². The summed E-state index contributed by atoms with van der Waals surface area (Å²) in [6, 6.07) is 20.0. The molecule has 36 heavy (non-hydrogen) atoms. The molecule has 0 heterocycles. The highest BCUT2D eigenvalue weighted by atomic mass is 32.2. The summed E-state index contributed by atoms with van der Waals surface area (Å²) in [5.74, 6) is -0.916. The Hall–Kier alpha value is -3.69. The normalized spacial score (nSPS) is 11.1. The van der Waals surface area contributed by atoms with E-state index < -0.39 is 22.5 Å². The summed E-state index contributed by atoms with van der Waals surface area (Å²) in [6.45, 7) is 4.12. The molecule has 0 fully saturated rings. The van der Waals surface area contributed by atoms with Gasteiger partial charge in [-0.25, -0.2) is 8.42 Å². The van der Waals surface area contributed by atoms with Crippen LogP contribution in [0.4, 0.5) is 11.4 Å². The summed E-state index contributed by atoms with van der Waals surface area (Å²) >= 11 is 0. The predicted octanol–water partition coefficient (Wildman–Crippen LogP) is 3.90. The largest absolute Gasteiger partial charge is 0.385 e. The number of methoxy groups -OCH3 is 1. The van der Waals surface area contributed by atoms with Gasteiger partial charge in [0.1, 0.15) is 6.54 Å². The highest BCUT2D eigenvalue weighted by molar-refractivity contribution is 7.92. The number of aryl methyl sites for hydroxylation is 2. The van der Waals surface area contributed by atoms with Crippen molar-refractivity contribution in [2.24, 2.45) is 0 Å². The lowest BCUT2D eigenvalue weighted by molar-refractivity contribution is -0.114. The Bertz CT molecular complexity index is 1310. The number of nitrogens with zero attached hydrogens (tertiary/aromatic N) is 1. The molecule has 0 aliphatic carbocycles. The Labute approximate surface area is 212 Å². The van der Waals surface area contributed by atoms with Gasteiger partial charge in [-0.2, -0.15) is 0 Å². The van der Waals surface area contributed by atoms with Crippen LogP contribution in [-0.2, 0) is 19.6 Å². The number of hydrogen-bond acceptors (Lipinski definition) is 5. The highest BCUT2D eigenvalue weighted by Gasteiger charge is 2.28. The van der Waals surface area contributed by atoms with Crippen molar-refractivity contribution in [2.45, 2.75) is 25.2 Å². The third kappa shape index (κ3) is 6.71. The molecule has 0 aromatic heterocycles. The average Bonchev–Trinajstić information content (AvgIpc) is 2.87. The van der Waals surface area contributed by atoms with Gasteiger partial charge in [-0.05, 0) is 61.7 Å². The third-order valence-corrected chi connectivity index (χ3v) is 7.28. The van der Waals surface area contributed by atoms with Gasteiger partial charge in [0.2, 0.25) is 5.91 Å². The maximum Gasteiger partial charge on any atom is 0.264 e. The molecular formula is C27H31N3O5S. The molecule has 0 unspecified atom stereocenters. The number of carbonyl (C=O) groups excluding carboxylic acids is 2. The van der Waals surface area contributed by atoms with E-state index in [4.69, 9.17) is 4.74 Å². The van der Waals surface area contributed by atoms with Crippen molar-refractivity contribution in [1.82, 2.24) is 5.32 Å². The second kappa shape index (κ2) is 12.3. The van der Waals surface area contributed by atoms with Crippen LogP contribution in [0.3, 0.4) is 0 Å². The van der Waals surface area contributed by atoms with Crippen molar-refractivity contribution >= 4 is 33.2 Å². The molecule has 0 atom stereocenters. The molecule has 190 valence electrons. The minimum absolute atomic E-state index is 0.0783. The van der Waals surface area contributed by atoms with Gasteiger partial charge in [-0.15, -0.1) is 0 Å². The van der Waals surface area contributed by atoms with Crippen molar-refractivity contribution < 1.29 is 22.7 Å².